The molecule has 0 aliphatic carbocycles. The number of hydrogen-bond donors (Lipinski definition) is 1. The second kappa shape index (κ2) is 6.74. The van der Waals surface area contributed by atoms with Crippen LogP contribution in [0.3, 0.4) is 0 Å². The van der Waals surface area contributed by atoms with Crippen LogP contribution in [0, 0.1) is 0 Å². The lowest BCUT2D eigenvalue weighted by atomic mass is 10.1. The van der Waals surface area contributed by atoms with E-state index < -0.39 is 5.97 Å². The van der Waals surface area contributed by atoms with E-state index in [1.807, 2.05) is 35.2 Å². The van der Waals surface area contributed by atoms with Crippen molar-refractivity contribution in [2.75, 3.05) is 0 Å². The van der Waals surface area contributed by atoms with Crippen molar-refractivity contribution in [1.82, 2.24) is 4.90 Å². The summed E-state index contributed by atoms with van der Waals surface area (Å²) >= 11 is 0. The van der Waals surface area contributed by atoms with Gasteiger partial charge in [-0.25, -0.2) is 4.79 Å². The van der Waals surface area contributed by atoms with E-state index in [2.05, 4.69) is 13.8 Å². The Bertz CT molecular complexity index is 373. The van der Waals surface area contributed by atoms with Crippen molar-refractivity contribution in [2.45, 2.75) is 32.9 Å². The Labute approximate surface area is 102 Å². The highest BCUT2D eigenvalue weighted by Gasteiger charge is 2.08. The summed E-state index contributed by atoms with van der Waals surface area (Å²) in [7, 11) is 0. The van der Waals surface area contributed by atoms with Gasteiger partial charge in [0.15, 0.2) is 0 Å². The van der Waals surface area contributed by atoms with Crippen LogP contribution in [0.5, 0.6) is 0 Å². The van der Waals surface area contributed by atoms with Gasteiger partial charge in [0.25, 0.3) is 0 Å². The molecule has 0 aromatic heterocycles. The number of carboxylic acid groups (broad SMARTS) is 1. The summed E-state index contributed by atoms with van der Waals surface area (Å²) in [6.45, 7) is 4.92. The molecule has 0 fully saturated rings. The Morgan fingerprint density at radius 2 is 2.06 bits per heavy atom. The summed E-state index contributed by atoms with van der Waals surface area (Å²) in [5.74, 6) is -0.911. The molecule has 1 N–H and O–H groups in total. The first-order valence-electron chi connectivity index (χ1n) is 5.84. The van der Waals surface area contributed by atoms with Gasteiger partial charge in [-0.05, 0) is 18.9 Å². The Morgan fingerprint density at radius 1 is 1.41 bits per heavy atom. The zero-order chi connectivity index (χ0) is 12.7. The maximum Gasteiger partial charge on any atom is 0.329 e. The largest absolute Gasteiger partial charge is 0.478 e. The van der Waals surface area contributed by atoms with Gasteiger partial charge in [0.2, 0.25) is 0 Å². The van der Waals surface area contributed by atoms with Crippen LogP contribution in [0.1, 0.15) is 25.8 Å². The second-order valence-electron chi connectivity index (χ2n) is 4.07. The first-order chi connectivity index (χ1) is 8.13. The number of nitrogens with zero attached hydrogens (tertiary/aromatic N) is 1. The predicted octanol–water partition coefficient (Wildman–Crippen LogP) is 2.89. The van der Waals surface area contributed by atoms with E-state index in [0.29, 0.717) is 6.04 Å². The van der Waals surface area contributed by atoms with Gasteiger partial charge in [-0.1, -0.05) is 37.3 Å². The Kier molecular flexibility index (Phi) is 5.27. The lowest BCUT2D eigenvalue weighted by Gasteiger charge is -2.26. The topological polar surface area (TPSA) is 40.5 Å². The van der Waals surface area contributed by atoms with Crippen LogP contribution in [0.4, 0.5) is 0 Å². The highest BCUT2D eigenvalue weighted by molar-refractivity contribution is 5.79. The maximum absolute atomic E-state index is 10.6. The third-order valence-corrected chi connectivity index (χ3v) is 2.77. The first-order valence-corrected chi connectivity index (χ1v) is 5.84. The molecule has 0 amide bonds. The molecule has 0 radical (unpaired) electrons. The molecule has 0 heterocycles. The molecule has 3 nitrogen and oxygen atoms in total. The molecule has 1 unspecified atom stereocenters. The van der Waals surface area contributed by atoms with Crippen LogP contribution >= 0.6 is 0 Å². The number of rotatable bonds is 6. The fraction of sp³-hybridized carbons (Fsp3) is 0.357. The standard InChI is InChI=1S/C14H19NO2/c1-3-12(2)15(10-9-14(16)17)11-13-7-5-4-6-8-13/h4-10,12H,3,11H2,1-2H3,(H,16,17)/b10-9+. The molecular weight excluding hydrogens is 214 g/mol. The third-order valence-electron chi connectivity index (χ3n) is 2.77. The molecule has 0 saturated carbocycles. The molecule has 92 valence electrons. The van der Waals surface area contributed by atoms with Crippen molar-refractivity contribution >= 4 is 5.97 Å². The number of benzene rings is 1. The number of aliphatic carboxylic acids is 1. The summed E-state index contributed by atoms with van der Waals surface area (Å²) in [5.41, 5.74) is 1.18. The van der Waals surface area contributed by atoms with Gasteiger partial charge < -0.3 is 10.0 Å². The number of carboxylic acids is 1. The average molecular weight is 233 g/mol. The van der Waals surface area contributed by atoms with Gasteiger partial charge in [0.1, 0.15) is 0 Å². The van der Waals surface area contributed by atoms with Gasteiger partial charge in [-0.3, -0.25) is 0 Å². The average Bonchev–Trinajstić information content (AvgIpc) is 2.34. The van der Waals surface area contributed by atoms with E-state index in [1.165, 1.54) is 11.6 Å². The molecule has 0 saturated heterocycles. The zero-order valence-electron chi connectivity index (χ0n) is 10.3. The molecule has 3 heteroatoms. The normalized spacial score (nSPS) is 12.6. The van der Waals surface area contributed by atoms with Crippen molar-refractivity contribution in [3.63, 3.8) is 0 Å². The van der Waals surface area contributed by atoms with Gasteiger partial charge >= 0.3 is 5.97 Å². The van der Waals surface area contributed by atoms with Crippen LogP contribution in [-0.4, -0.2) is 22.0 Å². The first kappa shape index (κ1) is 13.3. The highest BCUT2D eigenvalue weighted by Crippen LogP contribution is 2.11. The van der Waals surface area contributed by atoms with Gasteiger partial charge in [-0.2, -0.15) is 0 Å². The van der Waals surface area contributed by atoms with Gasteiger partial charge in [-0.15, -0.1) is 0 Å². The van der Waals surface area contributed by atoms with E-state index >= 15 is 0 Å². The van der Waals surface area contributed by atoms with Crippen LogP contribution in [0.2, 0.25) is 0 Å². The third kappa shape index (κ3) is 4.72. The van der Waals surface area contributed by atoms with Crippen molar-refractivity contribution < 1.29 is 9.90 Å². The smallest absolute Gasteiger partial charge is 0.329 e. The van der Waals surface area contributed by atoms with E-state index in [0.717, 1.165) is 13.0 Å². The molecule has 1 atom stereocenters. The summed E-state index contributed by atoms with van der Waals surface area (Å²) < 4.78 is 0. The minimum Gasteiger partial charge on any atom is -0.478 e. The SMILES string of the molecule is CCC(C)N(/C=C/C(=O)O)Cc1ccccc1. The maximum atomic E-state index is 10.6. The number of hydrogen-bond acceptors (Lipinski definition) is 2. The molecule has 0 spiro atoms. The Balaban J connectivity index is 2.74. The lowest BCUT2D eigenvalue weighted by Crippen LogP contribution is -2.27. The molecular formula is C14H19NO2. The lowest BCUT2D eigenvalue weighted by molar-refractivity contribution is -0.131. The van der Waals surface area contributed by atoms with Crippen LogP contribution in [-0.2, 0) is 11.3 Å². The van der Waals surface area contributed by atoms with Crippen molar-refractivity contribution in [3.8, 4) is 0 Å². The fourth-order valence-electron chi connectivity index (χ4n) is 1.54. The van der Waals surface area contributed by atoms with Crippen LogP contribution in [0.25, 0.3) is 0 Å². The predicted molar refractivity (Wildman–Crippen MR) is 68.5 cm³/mol. The second-order valence-corrected chi connectivity index (χ2v) is 4.07. The van der Waals surface area contributed by atoms with E-state index in [9.17, 15) is 4.79 Å². The monoisotopic (exact) mass is 233 g/mol. The highest BCUT2D eigenvalue weighted by atomic mass is 16.4. The van der Waals surface area contributed by atoms with E-state index in [4.69, 9.17) is 5.11 Å². The molecule has 0 bridgehead atoms. The molecule has 0 aliphatic heterocycles. The van der Waals surface area contributed by atoms with Crippen LogP contribution in [0.15, 0.2) is 42.6 Å². The molecule has 1 rings (SSSR count). The van der Waals surface area contributed by atoms with Crippen molar-refractivity contribution in [3.05, 3.63) is 48.2 Å². The number of carbonyl (C=O) groups is 1. The Morgan fingerprint density at radius 3 is 2.59 bits per heavy atom. The summed E-state index contributed by atoms with van der Waals surface area (Å²) in [5, 5.41) is 8.67. The van der Waals surface area contributed by atoms with E-state index in [1.54, 1.807) is 6.20 Å². The molecule has 17 heavy (non-hydrogen) atoms. The quantitative estimate of drug-likeness (QED) is 0.768. The molecule has 0 aliphatic rings. The minimum absolute atomic E-state index is 0.325. The van der Waals surface area contributed by atoms with Crippen molar-refractivity contribution in [2.24, 2.45) is 0 Å². The van der Waals surface area contributed by atoms with Gasteiger partial charge in [0, 0.05) is 24.9 Å². The summed E-state index contributed by atoms with van der Waals surface area (Å²) in [6, 6.07) is 10.4. The summed E-state index contributed by atoms with van der Waals surface area (Å²) in [6.07, 6.45) is 3.83. The van der Waals surface area contributed by atoms with Gasteiger partial charge in [0.05, 0.1) is 0 Å². The van der Waals surface area contributed by atoms with E-state index in [-0.39, 0.29) is 0 Å². The zero-order valence-corrected chi connectivity index (χ0v) is 10.3. The Hall–Kier alpha value is -1.77. The molecule has 1 aromatic carbocycles. The molecule has 1 aromatic rings. The fourth-order valence-corrected chi connectivity index (χ4v) is 1.54. The summed E-state index contributed by atoms with van der Waals surface area (Å²) in [4.78, 5) is 12.6. The van der Waals surface area contributed by atoms with Crippen molar-refractivity contribution in [1.29, 1.82) is 0 Å². The van der Waals surface area contributed by atoms with Crippen LogP contribution < -0.4 is 0 Å². The minimum atomic E-state index is -0.911.